The van der Waals surface area contributed by atoms with Crippen LogP contribution in [0.2, 0.25) is 0 Å². The van der Waals surface area contributed by atoms with E-state index in [9.17, 15) is 9.90 Å². The van der Waals surface area contributed by atoms with Gasteiger partial charge in [0.15, 0.2) is 0 Å². The summed E-state index contributed by atoms with van der Waals surface area (Å²) in [6.45, 7) is 12.0. The lowest BCUT2D eigenvalue weighted by atomic mass is 9.85. The highest BCUT2D eigenvalue weighted by Gasteiger charge is 2.32. The third-order valence-corrected chi connectivity index (χ3v) is 4.18. The van der Waals surface area contributed by atoms with Crippen LogP contribution in [0.5, 0.6) is 0 Å². The van der Waals surface area contributed by atoms with Crippen LogP contribution in [0.4, 0.5) is 0 Å². The van der Waals surface area contributed by atoms with Gasteiger partial charge in [-0.05, 0) is 39.2 Å². The minimum atomic E-state index is -0.619. The molecule has 0 heterocycles. The Morgan fingerprint density at radius 2 is 1.43 bits per heavy atom. The van der Waals surface area contributed by atoms with Gasteiger partial charge in [-0.25, -0.2) is 0 Å². The minimum Gasteiger partial charge on any atom is -0.388 e. The van der Waals surface area contributed by atoms with Crippen molar-refractivity contribution >= 4 is 5.91 Å². The molecule has 1 rings (SSSR count). The monoisotopic (exact) mass is 291 g/mol. The van der Waals surface area contributed by atoms with E-state index in [0.29, 0.717) is 0 Å². The Labute approximate surface area is 129 Å². The quantitative estimate of drug-likeness (QED) is 0.869. The van der Waals surface area contributed by atoms with Gasteiger partial charge in [-0.3, -0.25) is 4.79 Å². The van der Waals surface area contributed by atoms with Crippen LogP contribution in [0.25, 0.3) is 0 Å². The Kier molecular flexibility index (Phi) is 6.41. The molecule has 0 radical (unpaired) electrons. The van der Waals surface area contributed by atoms with Crippen molar-refractivity contribution in [3.05, 3.63) is 35.9 Å². The van der Waals surface area contributed by atoms with Gasteiger partial charge in [0.05, 0.1) is 6.10 Å². The van der Waals surface area contributed by atoms with Crippen molar-refractivity contribution in [2.75, 3.05) is 0 Å². The molecular weight excluding hydrogens is 262 g/mol. The molecule has 0 aliphatic heterocycles. The summed E-state index contributed by atoms with van der Waals surface area (Å²) in [5.41, 5.74) is 0.866. The smallest absolute Gasteiger partial charge is 0.226 e. The predicted molar refractivity (Wildman–Crippen MR) is 86.8 cm³/mol. The largest absolute Gasteiger partial charge is 0.388 e. The van der Waals surface area contributed by atoms with E-state index in [1.54, 1.807) is 0 Å². The number of carbonyl (C=O) groups excluding carboxylic acids is 1. The first-order valence-corrected chi connectivity index (χ1v) is 7.82. The van der Waals surface area contributed by atoms with Gasteiger partial charge >= 0.3 is 0 Å². The summed E-state index contributed by atoms with van der Waals surface area (Å²) in [7, 11) is 0. The Balaban J connectivity index is 2.86. The molecule has 0 aliphatic rings. The summed E-state index contributed by atoms with van der Waals surface area (Å²) in [5, 5.41) is 10.5. The zero-order chi connectivity index (χ0) is 16.2. The Bertz CT molecular complexity index is 434. The highest BCUT2D eigenvalue weighted by molar-refractivity contribution is 5.79. The van der Waals surface area contributed by atoms with Crippen LogP contribution >= 0.6 is 0 Å². The van der Waals surface area contributed by atoms with Gasteiger partial charge in [0, 0.05) is 18.0 Å². The van der Waals surface area contributed by atoms with Crippen LogP contribution in [0.15, 0.2) is 30.3 Å². The van der Waals surface area contributed by atoms with Gasteiger partial charge in [0.25, 0.3) is 0 Å². The van der Waals surface area contributed by atoms with Crippen molar-refractivity contribution < 1.29 is 9.90 Å². The molecular formula is C18H29NO2. The van der Waals surface area contributed by atoms with Crippen molar-refractivity contribution in [2.24, 2.45) is 11.8 Å². The van der Waals surface area contributed by atoms with Crippen LogP contribution in [-0.2, 0) is 4.79 Å². The lowest BCUT2D eigenvalue weighted by Gasteiger charge is -2.35. The van der Waals surface area contributed by atoms with Crippen molar-refractivity contribution in [2.45, 2.75) is 59.7 Å². The van der Waals surface area contributed by atoms with Gasteiger partial charge < -0.3 is 10.0 Å². The number of aliphatic hydroxyl groups is 1. The number of nitrogens with zero attached hydrogens (tertiary/aromatic N) is 1. The van der Waals surface area contributed by atoms with E-state index in [2.05, 4.69) is 0 Å². The van der Waals surface area contributed by atoms with Gasteiger partial charge in [-0.1, -0.05) is 44.2 Å². The van der Waals surface area contributed by atoms with Crippen molar-refractivity contribution in [1.29, 1.82) is 0 Å². The molecule has 1 amide bonds. The number of hydrogen-bond donors (Lipinski definition) is 1. The number of amides is 1. The number of aliphatic hydroxyl groups excluding tert-OH is 1. The van der Waals surface area contributed by atoms with Crippen LogP contribution in [0.3, 0.4) is 0 Å². The molecule has 3 heteroatoms. The van der Waals surface area contributed by atoms with Crippen molar-refractivity contribution in [1.82, 2.24) is 4.90 Å². The summed E-state index contributed by atoms with van der Waals surface area (Å²) >= 11 is 0. The van der Waals surface area contributed by atoms with E-state index in [1.165, 1.54) is 0 Å². The average Bonchev–Trinajstić information content (AvgIpc) is 2.45. The van der Waals surface area contributed by atoms with E-state index in [0.717, 1.165) is 5.56 Å². The Morgan fingerprint density at radius 1 is 0.952 bits per heavy atom. The van der Waals surface area contributed by atoms with Gasteiger partial charge in [-0.2, -0.15) is 0 Å². The number of hydrogen-bond acceptors (Lipinski definition) is 2. The van der Waals surface area contributed by atoms with Gasteiger partial charge in [0.1, 0.15) is 0 Å². The second-order valence-corrected chi connectivity index (χ2v) is 6.44. The molecule has 0 saturated carbocycles. The first kappa shape index (κ1) is 17.7. The lowest BCUT2D eigenvalue weighted by Crippen LogP contribution is -2.46. The molecule has 118 valence electrons. The fourth-order valence-electron chi connectivity index (χ4n) is 2.79. The van der Waals surface area contributed by atoms with Crippen LogP contribution in [0.1, 0.15) is 53.2 Å². The molecule has 21 heavy (non-hydrogen) atoms. The first-order chi connectivity index (χ1) is 9.77. The maximum Gasteiger partial charge on any atom is 0.226 e. The maximum atomic E-state index is 12.7. The molecule has 0 aromatic heterocycles. The van der Waals surface area contributed by atoms with Crippen molar-refractivity contribution in [3.8, 4) is 0 Å². The second-order valence-electron chi connectivity index (χ2n) is 6.44. The van der Waals surface area contributed by atoms with Crippen molar-refractivity contribution in [3.63, 3.8) is 0 Å². The predicted octanol–water partition coefficient (Wildman–Crippen LogP) is 3.64. The molecule has 1 N–H and O–H groups in total. The van der Waals surface area contributed by atoms with Gasteiger partial charge in [0.2, 0.25) is 5.91 Å². The third kappa shape index (κ3) is 4.31. The molecule has 0 saturated heterocycles. The van der Waals surface area contributed by atoms with E-state index >= 15 is 0 Å². The van der Waals surface area contributed by atoms with Crippen LogP contribution in [0, 0.1) is 11.8 Å². The summed E-state index contributed by atoms with van der Waals surface area (Å²) in [5.74, 6) is -0.229. The molecule has 0 unspecified atom stereocenters. The Hall–Kier alpha value is -1.35. The summed E-state index contributed by atoms with van der Waals surface area (Å²) in [6, 6.07) is 9.89. The topological polar surface area (TPSA) is 40.5 Å². The Morgan fingerprint density at radius 3 is 1.86 bits per heavy atom. The summed E-state index contributed by atoms with van der Waals surface area (Å²) in [6.07, 6.45) is -0.619. The molecule has 3 atom stereocenters. The summed E-state index contributed by atoms with van der Waals surface area (Å²) in [4.78, 5) is 14.6. The minimum absolute atomic E-state index is 0.113. The molecule has 0 bridgehead atoms. The lowest BCUT2D eigenvalue weighted by molar-refractivity contribution is -0.141. The van der Waals surface area contributed by atoms with E-state index < -0.39 is 6.10 Å². The first-order valence-electron chi connectivity index (χ1n) is 7.82. The number of benzene rings is 1. The molecule has 0 fully saturated rings. The van der Waals surface area contributed by atoms with Crippen LogP contribution < -0.4 is 0 Å². The van der Waals surface area contributed by atoms with Crippen LogP contribution in [-0.4, -0.2) is 28.0 Å². The standard InChI is InChI=1S/C18H29NO2/c1-12(2)19(13(3)4)18(21)15(6)14(5)17(20)16-10-8-7-9-11-16/h7-15,17,20H,1-6H3/t14-,15-,17+/m1/s1. The zero-order valence-corrected chi connectivity index (χ0v) is 14.1. The number of carbonyl (C=O) groups is 1. The fourth-order valence-corrected chi connectivity index (χ4v) is 2.79. The highest BCUT2D eigenvalue weighted by atomic mass is 16.3. The van der Waals surface area contributed by atoms with E-state index in [4.69, 9.17) is 0 Å². The highest BCUT2D eigenvalue weighted by Crippen LogP contribution is 2.29. The molecule has 0 aliphatic carbocycles. The SMILES string of the molecule is CC(C)N(C(=O)[C@H](C)[C@@H](C)[C@H](O)c1ccccc1)C(C)C. The van der Waals surface area contributed by atoms with E-state index in [1.807, 2.05) is 76.8 Å². The zero-order valence-electron chi connectivity index (χ0n) is 14.1. The molecule has 3 nitrogen and oxygen atoms in total. The fraction of sp³-hybridized carbons (Fsp3) is 0.611. The normalized spacial score (nSPS) is 15.9. The molecule has 1 aromatic carbocycles. The molecule has 0 spiro atoms. The molecule has 1 aromatic rings. The summed E-state index contributed by atoms with van der Waals surface area (Å²) < 4.78 is 0. The van der Waals surface area contributed by atoms with E-state index in [-0.39, 0.29) is 29.8 Å². The number of rotatable bonds is 6. The average molecular weight is 291 g/mol. The maximum absolute atomic E-state index is 12.7. The second kappa shape index (κ2) is 7.60. The third-order valence-electron chi connectivity index (χ3n) is 4.18. The van der Waals surface area contributed by atoms with Gasteiger partial charge in [-0.15, -0.1) is 0 Å².